The van der Waals surface area contributed by atoms with E-state index in [-0.39, 0.29) is 11.6 Å². The maximum atomic E-state index is 13.0. The van der Waals surface area contributed by atoms with Crippen LogP contribution >= 0.6 is 11.3 Å². The first-order chi connectivity index (χ1) is 14.5. The van der Waals surface area contributed by atoms with Crippen LogP contribution in [0.5, 0.6) is 0 Å². The van der Waals surface area contributed by atoms with Crippen LogP contribution in [0, 0.1) is 6.92 Å². The van der Waals surface area contributed by atoms with E-state index in [0.717, 1.165) is 5.56 Å². The molecule has 0 aliphatic rings. The van der Waals surface area contributed by atoms with Gasteiger partial charge in [-0.2, -0.15) is 0 Å². The van der Waals surface area contributed by atoms with E-state index in [1.54, 1.807) is 12.1 Å². The highest BCUT2D eigenvalue weighted by Gasteiger charge is 2.24. The molecule has 5 heteroatoms. The molecule has 30 heavy (non-hydrogen) atoms. The minimum absolute atomic E-state index is 0.0869. The molecule has 0 saturated heterocycles. The summed E-state index contributed by atoms with van der Waals surface area (Å²) in [5.74, 6) is -0.229. The lowest BCUT2D eigenvalue weighted by atomic mass is 9.97. The molecule has 2 aromatic heterocycles. The Kier molecular flexibility index (Phi) is 5.29. The first-order valence-corrected chi connectivity index (χ1v) is 10.4. The highest BCUT2D eigenvalue weighted by Crippen LogP contribution is 2.39. The zero-order chi connectivity index (χ0) is 21.3. The van der Waals surface area contributed by atoms with Crippen LogP contribution in [0.15, 0.2) is 60.7 Å². The molecule has 0 atom stereocenters. The van der Waals surface area contributed by atoms with Crippen molar-refractivity contribution in [2.75, 3.05) is 5.73 Å². The number of hydrogen-bond donors (Lipinski definition) is 1. The summed E-state index contributed by atoms with van der Waals surface area (Å²) in [7, 11) is 0. The molecule has 0 unspecified atom stereocenters. The van der Waals surface area contributed by atoms with Crippen LogP contribution in [0.25, 0.3) is 22.4 Å². The number of aryl methyl sites for hydroxylation is 1. The summed E-state index contributed by atoms with van der Waals surface area (Å²) < 4.78 is 0. The van der Waals surface area contributed by atoms with Gasteiger partial charge < -0.3 is 5.73 Å². The number of anilines is 1. The average molecular weight is 413 g/mol. The molecule has 0 bridgehead atoms. The number of carbonyl (C=O) groups excluding carboxylic acids is 2. The monoisotopic (exact) mass is 412 g/mol. The number of Topliss-reactive ketones (excluding diaryl/α,β-unsaturated/α-hetero) is 1. The van der Waals surface area contributed by atoms with E-state index in [4.69, 9.17) is 5.73 Å². The van der Waals surface area contributed by atoms with Gasteiger partial charge in [0, 0.05) is 16.5 Å². The van der Waals surface area contributed by atoms with E-state index in [1.807, 2.05) is 67.6 Å². The zero-order valence-corrected chi connectivity index (χ0v) is 17.5. The SMILES string of the molecule is CC(=O)c1c(C)nc2sc(C(=O)c3ccccc3)c(N)c2c1/C=C/c1ccccc1. The highest BCUT2D eigenvalue weighted by atomic mass is 32.1. The van der Waals surface area contributed by atoms with Gasteiger partial charge in [-0.15, -0.1) is 11.3 Å². The zero-order valence-electron chi connectivity index (χ0n) is 16.7. The van der Waals surface area contributed by atoms with E-state index < -0.39 is 0 Å². The number of benzene rings is 2. The number of carbonyl (C=O) groups is 2. The van der Waals surface area contributed by atoms with Gasteiger partial charge in [0.25, 0.3) is 0 Å². The molecule has 4 rings (SSSR count). The number of nitrogen functional groups attached to an aromatic ring is 1. The summed E-state index contributed by atoms with van der Waals surface area (Å²) in [6.45, 7) is 3.33. The first kappa shape index (κ1) is 19.7. The van der Waals surface area contributed by atoms with Gasteiger partial charge in [-0.05, 0) is 25.0 Å². The number of rotatable bonds is 5. The van der Waals surface area contributed by atoms with Gasteiger partial charge in [0.15, 0.2) is 5.78 Å². The smallest absolute Gasteiger partial charge is 0.205 e. The summed E-state index contributed by atoms with van der Waals surface area (Å²) in [6.07, 6.45) is 3.83. The minimum Gasteiger partial charge on any atom is -0.397 e. The lowest BCUT2D eigenvalue weighted by Crippen LogP contribution is -2.04. The fourth-order valence-electron chi connectivity index (χ4n) is 3.54. The Bertz CT molecular complexity index is 1290. The van der Waals surface area contributed by atoms with Crippen molar-refractivity contribution in [2.45, 2.75) is 13.8 Å². The number of aromatic nitrogens is 1. The summed E-state index contributed by atoms with van der Waals surface area (Å²) in [4.78, 5) is 31.2. The first-order valence-electron chi connectivity index (χ1n) is 9.53. The highest BCUT2D eigenvalue weighted by molar-refractivity contribution is 7.21. The second-order valence-corrected chi connectivity index (χ2v) is 8.01. The van der Waals surface area contributed by atoms with Crippen molar-refractivity contribution in [2.24, 2.45) is 0 Å². The Balaban J connectivity index is 1.95. The van der Waals surface area contributed by atoms with Crippen LogP contribution < -0.4 is 5.73 Å². The summed E-state index contributed by atoms with van der Waals surface area (Å²) in [5.41, 5.74) is 10.3. The Labute approximate surface area is 178 Å². The molecule has 2 N–H and O–H groups in total. The maximum Gasteiger partial charge on any atom is 0.205 e. The molecule has 4 aromatic rings. The number of fused-ring (bicyclic) bond motifs is 1. The van der Waals surface area contributed by atoms with E-state index in [1.165, 1.54) is 18.3 Å². The Morgan fingerprint density at radius 2 is 1.60 bits per heavy atom. The van der Waals surface area contributed by atoms with Crippen LogP contribution in [-0.2, 0) is 0 Å². The third-order valence-electron chi connectivity index (χ3n) is 4.93. The number of pyridine rings is 1. The van der Waals surface area contributed by atoms with Crippen molar-refractivity contribution in [1.29, 1.82) is 0 Å². The molecule has 0 aliphatic carbocycles. The predicted molar refractivity (Wildman–Crippen MR) is 124 cm³/mol. The lowest BCUT2D eigenvalue weighted by molar-refractivity contribution is 0.101. The van der Waals surface area contributed by atoms with Crippen molar-refractivity contribution in [3.05, 3.63) is 93.5 Å². The van der Waals surface area contributed by atoms with Crippen molar-refractivity contribution in [3.63, 3.8) is 0 Å². The third kappa shape index (κ3) is 3.55. The van der Waals surface area contributed by atoms with Gasteiger partial charge in [-0.3, -0.25) is 9.59 Å². The van der Waals surface area contributed by atoms with E-state index in [2.05, 4.69) is 4.98 Å². The van der Waals surface area contributed by atoms with Gasteiger partial charge in [-0.25, -0.2) is 4.98 Å². The molecule has 2 aromatic carbocycles. The quantitative estimate of drug-likeness (QED) is 0.421. The molecule has 0 fully saturated rings. The van der Waals surface area contributed by atoms with Crippen LogP contribution in [0.3, 0.4) is 0 Å². The Morgan fingerprint density at radius 3 is 2.23 bits per heavy atom. The van der Waals surface area contributed by atoms with Crippen molar-refractivity contribution < 1.29 is 9.59 Å². The average Bonchev–Trinajstić information content (AvgIpc) is 3.08. The molecule has 148 valence electrons. The summed E-state index contributed by atoms with van der Waals surface area (Å²) >= 11 is 1.27. The fourth-order valence-corrected chi connectivity index (χ4v) is 4.66. The molecule has 0 saturated carbocycles. The molecule has 0 radical (unpaired) electrons. The molecule has 0 spiro atoms. The van der Waals surface area contributed by atoms with Crippen LogP contribution in [-0.4, -0.2) is 16.6 Å². The normalized spacial score (nSPS) is 11.3. The standard InChI is InChI=1S/C25H20N2O2S/c1-15-20(16(2)28)19(14-13-17-9-5-3-6-10-17)21-22(26)24(30-25(21)27-15)23(29)18-11-7-4-8-12-18/h3-14H,26H2,1-2H3/b14-13+. The molecule has 4 nitrogen and oxygen atoms in total. The van der Waals surface area contributed by atoms with Gasteiger partial charge >= 0.3 is 0 Å². The molecule has 0 amide bonds. The van der Waals surface area contributed by atoms with Crippen molar-refractivity contribution in [1.82, 2.24) is 4.98 Å². The third-order valence-corrected chi connectivity index (χ3v) is 6.03. The van der Waals surface area contributed by atoms with Gasteiger partial charge in [0.05, 0.1) is 11.4 Å². The number of nitrogens with two attached hydrogens (primary N) is 1. The maximum absolute atomic E-state index is 13.0. The van der Waals surface area contributed by atoms with E-state index in [9.17, 15) is 9.59 Å². The molecular weight excluding hydrogens is 392 g/mol. The van der Waals surface area contributed by atoms with E-state index in [0.29, 0.717) is 43.2 Å². The number of thiophene rings is 1. The Hall–Kier alpha value is -3.57. The number of ketones is 2. The lowest BCUT2D eigenvalue weighted by Gasteiger charge is -2.09. The van der Waals surface area contributed by atoms with Crippen LogP contribution in [0.4, 0.5) is 5.69 Å². The van der Waals surface area contributed by atoms with Crippen LogP contribution in [0.1, 0.15) is 49.3 Å². The van der Waals surface area contributed by atoms with Gasteiger partial charge in [0.2, 0.25) is 5.78 Å². The van der Waals surface area contributed by atoms with Gasteiger partial charge in [0.1, 0.15) is 9.71 Å². The second-order valence-electron chi connectivity index (χ2n) is 7.01. The predicted octanol–water partition coefficient (Wildman–Crippen LogP) is 5.79. The Morgan fingerprint density at radius 1 is 0.967 bits per heavy atom. The van der Waals surface area contributed by atoms with Crippen molar-refractivity contribution >= 4 is 51.0 Å². The second kappa shape index (κ2) is 8.05. The summed E-state index contributed by atoms with van der Waals surface area (Å²) in [5, 5.41) is 0.655. The van der Waals surface area contributed by atoms with E-state index >= 15 is 0 Å². The van der Waals surface area contributed by atoms with Gasteiger partial charge in [-0.1, -0.05) is 72.8 Å². The van der Waals surface area contributed by atoms with Crippen LogP contribution in [0.2, 0.25) is 0 Å². The fraction of sp³-hybridized carbons (Fsp3) is 0.0800. The minimum atomic E-state index is -0.142. The molecular formula is C25H20N2O2S. The molecule has 2 heterocycles. The number of hydrogen-bond acceptors (Lipinski definition) is 5. The van der Waals surface area contributed by atoms with Crippen molar-refractivity contribution in [3.8, 4) is 0 Å². The molecule has 0 aliphatic heterocycles. The number of nitrogens with zero attached hydrogens (tertiary/aromatic N) is 1. The largest absolute Gasteiger partial charge is 0.397 e. The summed E-state index contributed by atoms with van der Waals surface area (Å²) in [6, 6.07) is 18.9. The topological polar surface area (TPSA) is 73.0 Å².